The molecule has 1 N–H and O–H groups in total. The van der Waals surface area contributed by atoms with Gasteiger partial charge in [-0.25, -0.2) is 0 Å². The molecule has 1 fully saturated rings. The van der Waals surface area contributed by atoms with Gasteiger partial charge in [-0.3, -0.25) is 9.59 Å². The van der Waals surface area contributed by atoms with E-state index in [1.807, 2.05) is 4.90 Å². The normalized spacial score (nSPS) is 16.4. The topological polar surface area (TPSA) is 67.9 Å². The van der Waals surface area contributed by atoms with Gasteiger partial charge in [0.15, 0.2) is 11.5 Å². The van der Waals surface area contributed by atoms with Crippen molar-refractivity contribution in [3.8, 4) is 23.3 Å². The molecule has 1 aliphatic heterocycles. The summed E-state index contributed by atoms with van der Waals surface area (Å²) in [5.74, 6) is 5.88. The maximum atomic E-state index is 12.9. The summed E-state index contributed by atoms with van der Waals surface area (Å²) in [7, 11) is 3.07. The Balaban J connectivity index is 2.06. The Morgan fingerprint density at radius 2 is 2.12 bits per heavy atom. The first kappa shape index (κ1) is 18.7. The Morgan fingerprint density at radius 3 is 2.80 bits per heavy atom. The number of carbonyl (C=O) groups excluding carboxylic acids is 2. The van der Waals surface area contributed by atoms with Crippen molar-refractivity contribution in [3.63, 3.8) is 0 Å². The molecular formula is C19H24N2O4. The van der Waals surface area contributed by atoms with Gasteiger partial charge in [-0.05, 0) is 43.7 Å². The first-order valence-electron chi connectivity index (χ1n) is 8.31. The highest BCUT2D eigenvalue weighted by molar-refractivity contribution is 5.98. The monoisotopic (exact) mass is 344 g/mol. The van der Waals surface area contributed by atoms with Crippen LogP contribution in [-0.2, 0) is 4.79 Å². The van der Waals surface area contributed by atoms with E-state index in [-0.39, 0.29) is 17.7 Å². The van der Waals surface area contributed by atoms with E-state index >= 15 is 0 Å². The van der Waals surface area contributed by atoms with Crippen LogP contribution >= 0.6 is 0 Å². The van der Waals surface area contributed by atoms with Gasteiger partial charge in [-0.2, -0.15) is 0 Å². The summed E-state index contributed by atoms with van der Waals surface area (Å²) >= 11 is 0. The molecular weight excluding hydrogens is 320 g/mol. The Morgan fingerprint density at radius 1 is 1.32 bits per heavy atom. The van der Waals surface area contributed by atoms with Crippen molar-refractivity contribution in [2.45, 2.75) is 19.8 Å². The Hall–Kier alpha value is -2.68. The van der Waals surface area contributed by atoms with Gasteiger partial charge >= 0.3 is 0 Å². The second-order valence-corrected chi connectivity index (χ2v) is 5.89. The second kappa shape index (κ2) is 8.97. The Bertz CT molecular complexity index is 690. The van der Waals surface area contributed by atoms with Gasteiger partial charge in [0.2, 0.25) is 0 Å². The van der Waals surface area contributed by atoms with E-state index in [1.54, 1.807) is 32.2 Å². The zero-order valence-electron chi connectivity index (χ0n) is 14.9. The Kier molecular flexibility index (Phi) is 6.70. The van der Waals surface area contributed by atoms with Crippen LogP contribution in [0.3, 0.4) is 0 Å². The second-order valence-electron chi connectivity index (χ2n) is 5.89. The molecule has 1 aromatic carbocycles. The smallest absolute Gasteiger partial charge is 0.295 e. The summed E-state index contributed by atoms with van der Waals surface area (Å²) < 4.78 is 10.6. The van der Waals surface area contributed by atoms with Crippen molar-refractivity contribution < 1.29 is 19.1 Å². The van der Waals surface area contributed by atoms with Crippen LogP contribution in [0.4, 0.5) is 0 Å². The molecule has 0 aromatic heterocycles. The quantitative estimate of drug-likeness (QED) is 0.826. The van der Waals surface area contributed by atoms with E-state index in [0.29, 0.717) is 36.7 Å². The van der Waals surface area contributed by atoms with Gasteiger partial charge in [0.1, 0.15) is 0 Å². The maximum Gasteiger partial charge on any atom is 0.295 e. The van der Waals surface area contributed by atoms with E-state index in [2.05, 4.69) is 17.2 Å². The largest absolute Gasteiger partial charge is 0.493 e. The molecule has 1 aliphatic rings. The molecule has 0 bridgehead atoms. The lowest BCUT2D eigenvalue weighted by atomic mass is 9.97. The molecule has 0 saturated carbocycles. The van der Waals surface area contributed by atoms with Crippen molar-refractivity contribution in [2.75, 3.05) is 33.9 Å². The summed E-state index contributed by atoms with van der Waals surface area (Å²) in [6.45, 7) is 3.44. The third-order valence-electron chi connectivity index (χ3n) is 4.23. The Labute approximate surface area is 148 Å². The molecule has 1 aromatic rings. The van der Waals surface area contributed by atoms with Crippen LogP contribution in [0.15, 0.2) is 18.2 Å². The molecule has 6 nitrogen and oxygen atoms in total. The van der Waals surface area contributed by atoms with Crippen LogP contribution in [-0.4, -0.2) is 50.6 Å². The molecule has 0 spiro atoms. The van der Waals surface area contributed by atoms with Gasteiger partial charge in [-0.15, -0.1) is 0 Å². The number of nitrogens with zero attached hydrogens (tertiary/aromatic N) is 1. The first-order valence-corrected chi connectivity index (χ1v) is 8.31. The fourth-order valence-corrected chi connectivity index (χ4v) is 3.04. The zero-order chi connectivity index (χ0) is 18.2. The van der Waals surface area contributed by atoms with E-state index in [4.69, 9.17) is 9.47 Å². The first-order chi connectivity index (χ1) is 12.1. The fraction of sp³-hybridized carbons (Fsp3) is 0.474. The number of carbonyl (C=O) groups is 2. The van der Waals surface area contributed by atoms with Crippen molar-refractivity contribution >= 4 is 11.8 Å². The summed E-state index contributed by atoms with van der Waals surface area (Å²) in [4.78, 5) is 26.2. The van der Waals surface area contributed by atoms with Gasteiger partial charge < -0.3 is 19.7 Å². The van der Waals surface area contributed by atoms with Gasteiger partial charge in [0, 0.05) is 19.6 Å². The van der Waals surface area contributed by atoms with Crippen LogP contribution in [0.25, 0.3) is 0 Å². The number of nitrogens with one attached hydrogen (secondary N) is 1. The number of hydrogen-bond donors (Lipinski definition) is 1. The van der Waals surface area contributed by atoms with E-state index in [9.17, 15) is 9.59 Å². The van der Waals surface area contributed by atoms with Gasteiger partial charge in [0.25, 0.3) is 11.8 Å². The lowest BCUT2D eigenvalue weighted by Gasteiger charge is -2.33. The van der Waals surface area contributed by atoms with Crippen LogP contribution in [0.5, 0.6) is 11.5 Å². The molecule has 1 saturated heterocycles. The minimum atomic E-state index is -0.277. The molecule has 0 aliphatic carbocycles. The molecule has 6 heteroatoms. The summed E-state index contributed by atoms with van der Waals surface area (Å²) in [6.07, 6.45) is 1.87. The number of amides is 2. The average Bonchev–Trinajstić information content (AvgIpc) is 2.65. The standard InChI is InChI=1S/C19H24N2O4/c1-4-7-17(22)20-12-14-8-6-11-21(13-14)19(23)15-9-5-10-16(24-2)18(15)25-3/h5,9-10,14H,6,8,11-13H2,1-3H3,(H,20,22). The molecule has 1 heterocycles. The lowest BCUT2D eigenvalue weighted by molar-refractivity contribution is -0.115. The van der Waals surface area contributed by atoms with Crippen LogP contribution < -0.4 is 14.8 Å². The number of methoxy groups -OCH3 is 2. The number of para-hydroxylation sites is 1. The zero-order valence-corrected chi connectivity index (χ0v) is 14.9. The number of piperidine rings is 1. The lowest BCUT2D eigenvalue weighted by Crippen LogP contribution is -2.43. The SMILES string of the molecule is CC#CC(=O)NCC1CCCN(C(=O)c2cccc(OC)c2OC)C1. The number of hydrogen-bond acceptors (Lipinski definition) is 4. The fourth-order valence-electron chi connectivity index (χ4n) is 3.04. The molecule has 2 amide bonds. The van der Waals surface area contributed by atoms with Crippen LogP contribution in [0.2, 0.25) is 0 Å². The number of rotatable bonds is 5. The number of likely N-dealkylation sites (tertiary alicyclic amines) is 1. The van der Waals surface area contributed by atoms with Crippen molar-refractivity contribution in [3.05, 3.63) is 23.8 Å². The molecule has 1 unspecified atom stereocenters. The highest BCUT2D eigenvalue weighted by Gasteiger charge is 2.27. The summed E-state index contributed by atoms with van der Waals surface area (Å²) in [6, 6.07) is 5.28. The van der Waals surface area contributed by atoms with E-state index < -0.39 is 0 Å². The average molecular weight is 344 g/mol. The molecule has 134 valence electrons. The van der Waals surface area contributed by atoms with Crippen LogP contribution in [0, 0.1) is 17.8 Å². The summed E-state index contributed by atoms with van der Waals surface area (Å²) in [5.41, 5.74) is 0.489. The molecule has 2 rings (SSSR count). The molecule has 0 radical (unpaired) electrons. The number of benzene rings is 1. The van der Waals surface area contributed by atoms with Crippen molar-refractivity contribution in [1.29, 1.82) is 0 Å². The van der Waals surface area contributed by atoms with Crippen LogP contribution in [0.1, 0.15) is 30.1 Å². The highest BCUT2D eigenvalue weighted by Crippen LogP contribution is 2.32. The molecule has 1 atom stereocenters. The highest BCUT2D eigenvalue weighted by atomic mass is 16.5. The minimum Gasteiger partial charge on any atom is -0.493 e. The third-order valence-corrected chi connectivity index (χ3v) is 4.23. The predicted molar refractivity (Wildman–Crippen MR) is 94.6 cm³/mol. The molecule has 25 heavy (non-hydrogen) atoms. The van der Waals surface area contributed by atoms with Crippen molar-refractivity contribution in [1.82, 2.24) is 10.2 Å². The summed E-state index contributed by atoms with van der Waals surface area (Å²) in [5, 5.41) is 2.80. The predicted octanol–water partition coefficient (Wildman–Crippen LogP) is 1.70. The number of ether oxygens (including phenoxy) is 2. The van der Waals surface area contributed by atoms with Gasteiger partial charge in [0.05, 0.1) is 19.8 Å². The minimum absolute atomic E-state index is 0.0832. The van der Waals surface area contributed by atoms with Crippen molar-refractivity contribution in [2.24, 2.45) is 5.92 Å². The van der Waals surface area contributed by atoms with E-state index in [0.717, 1.165) is 12.8 Å². The van der Waals surface area contributed by atoms with Gasteiger partial charge in [-0.1, -0.05) is 12.0 Å². The maximum absolute atomic E-state index is 12.9. The van der Waals surface area contributed by atoms with E-state index in [1.165, 1.54) is 7.11 Å². The third kappa shape index (κ3) is 4.66.